The molecule has 0 aliphatic carbocycles. The van der Waals surface area contributed by atoms with E-state index in [0.717, 1.165) is 30.4 Å². The van der Waals surface area contributed by atoms with Crippen molar-refractivity contribution in [2.75, 3.05) is 13.2 Å². The van der Waals surface area contributed by atoms with Gasteiger partial charge in [-0.25, -0.2) is 9.78 Å². The van der Waals surface area contributed by atoms with E-state index in [1.54, 1.807) is 6.20 Å². The summed E-state index contributed by atoms with van der Waals surface area (Å²) >= 11 is 0. The van der Waals surface area contributed by atoms with Crippen LogP contribution in [0.2, 0.25) is 0 Å². The van der Waals surface area contributed by atoms with Crippen molar-refractivity contribution in [2.45, 2.75) is 38.8 Å². The molecule has 1 amide bonds. The van der Waals surface area contributed by atoms with Crippen LogP contribution < -0.4 is 4.74 Å². The van der Waals surface area contributed by atoms with Gasteiger partial charge in [-0.05, 0) is 37.3 Å². The van der Waals surface area contributed by atoms with E-state index in [1.807, 2.05) is 54.3 Å². The number of hydrogen-bond donors (Lipinski definition) is 0. The fourth-order valence-electron chi connectivity index (χ4n) is 3.12. The fourth-order valence-corrected chi connectivity index (χ4v) is 3.12. The lowest BCUT2D eigenvalue weighted by molar-refractivity contribution is 0.0678. The molecule has 1 aliphatic heterocycles. The summed E-state index contributed by atoms with van der Waals surface area (Å²) < 4.78 is 10.9. The van der Waals surface area contributed by atoms with E-state index >= 15 is 0 Å². The molecule has 0 spiro atoms. The molecule has 1 aromatic carbocycles. The Morgan fingerprint density at radius 2 is 2.04 bits per heavy atom. The zero-order valence-corrected chi connectivity index (χ0v) is 14.6. The second-order valence-corrected chi connectivity index (χ2v) is 6.11. The molecular weight excluding hydrogens is 316 g/mol. The molecule has 0 N–H and O–H groups in total. The predicted molar refractivity (Wildman–Crippen MR) is 95.3 cm³/mol. The molecule has 5 heteroatoms. The topological polar surface area (TPSA) is 51.7 Å². The summed E-state index contributed by atoms with van der Waals surface area (Å²) in [5.41, 5.74) is 2.02. The van der Waals surface area contributed by atoms with E-state index in [0.29, 0.717) is 25.6 Å². The average molecular weight is 340 g/mol. The van der Waals surface area contributed by atoms with Crippen molar-refractivity contribution in [1.29, 1.82) is 0 Å². The van der Waals surface area contributed by atoms with Crippen molar-refractivity contribution in [1.82, 2.24) is 9.88 Å². The lowest BCUT2D eigenvalue weighted by atomic mass is 9.97. The van der Waals surface area contributed by atoms with E-state index < -0.39 is 0 Å². The van der Waals surface area contributed by atoms with Crippen LogP contribution >= 0.6 is 0 Å². The lowest BCUT2D eigenvalue weighted by Gasteiger charge is -2.35. The number of amides is 1. The van der Waals surface area contributed by atoms with Crippen molar-refractivity contribution < 1.29 is 14.3 Å². The first-order valence-electron chi connectivity index (χ1n) is 8.84. The zero-order valence-electron chi connectivity index (χ0n) is 14.6. The number of carbonyl (C=O) groups is 1. The minimum absolute atomic E-state index is 0.0141. The Kier molecular flexibility index (Phi) is 5.88. The summed E-state index contributed by atoms with van der Waals surface area (Å²) in [7, 11) is 0. The van der Waals surface area contributed by atoms with Crippen LogP contribution in [0.5, 0.6) is 5.88 Å². The number of benzene rings is 1. The molecule has 1 aromatic heterocycles. The number of hydrogen-bond acceptors (Lipinski definition) is 4. The molecule has 3 rings (SSSR count). The van der Waals surface area contributed by atoms with Crippen LogP contribution in [-0.2, 0) is 11.3 Å². The van der Waals surface area contributed by atoms with Gasteiger partial charge in [0.15, 0.2) is 0 Å². The number of nitrogens with zero attached hydrogens (tertiary/aromatic N) is 2. The van der Waals surface area contributed by atoms with Crippen molar-refractivity contribution in [3.05, 3.63) is 59.8 Å². The Bertz CT molecular complexity index is 673. The Hall–Kier alpha value is -2.56. The second kappa shape index (κ2) is 8.51. The maximum absolute atomic E-state index is 12.6. The van der Waals surface area contributed by atoms with Gasteiger partial charge in [0.05, 0.1) is 12.6 Å². The molecule has 1 fully saturated rings. The third kappa shape index (κ3) is 4.50. The third-order valence-electron chi connectivity index (χ3n) is 4.38. The summed E-state index contributed by atoms with van der Waals surface area (Å²) in [4.78, 5) is 18.7. The Labute approximate surface area is 148 Å². The van der Waals surface area contributed by atoms with E-state index in [-0.39, 0.29) is 12.1 Å². The van der Waals surface area contributed by atoms with E-state index in [1.165, 1.54) is 0 Å². The van der Waals surface area contributed by atoms with Gasteiger partial charge in [-0.15, -0.1) is 0 Å². The third-order valence-corrected chi connectivity index (χ3v) is 4.38. The summed E-state index contributed by atoms with van der Waals surface area (Å²) in [6.07, 6.45) is 4.57. The number of piperidine rings is 1. The maximum atomic E-state index is 12.6. The highest BCUT2D eigenvalue weighted by atomic mass is 16.6. The van der Waals surface area contributed by atoms with Gasteiger partial charge in [0.25, 0.3) is 0 Å². The van der Waals surface area contributed by atoms with Gasteiger partial charge >= 0.3 is 6.09 Å². The summed E-state index contributed by atoms with van der Waals surface area (Å²) in [6.45, 7) is 3.53. The summed E-state index contributed by atoms with van der Waals surface area (Å²) in [5, 5.41) is 0. The second-order valence-electron chi connectivity index (χ2n) is 6.11. The lowest BCUT2D eigenvalue weighted by Crippen LogP contribution is -2.38. The van der Waals surface area contributed by atoms with Crippen LogP contribution in [0.25, 0.3) is 0 Å². The van der Waals surface area contributed by atoms with Crippen molar-refractivity contribution in [3.63, 3.8) is 0 Å². The van der Waals surface area contributed by atoms with Crippen LogP contribution in [0.1, 0.15) is 43.4 Å². The molecule has 1 atom stereocenters. The van der Waals surface area contributed by atoms with Crippen LogP contribution in [0.4, 0.5) is 4.79 Å². The Balaban J connectivity index is 1.66. The van der Waals surface area contributed by atoms with Crippen LogP contribution in [-0.4, -0.2) is 29.1 Å². The maximum Gasteiger partial charge on any atom is 0.410 e. The van der Waals surface area contributed by atoms with Gasteiger partial charge in [0, 0.05) is 18.8 Å². The monoisotopic (exact) mass is 340 g/mol. The van der Waals surface area contributed by atoms with E-state index in [9.17, 15) is 4.79 Å². The Morgan fingerprint density at radius 3 is 2.76 bits per heavy atom. The van der Waals surface area contributed by atoms with Crippen molar-refractivity contribution in [3.8, 4) is 5.88 Å². The van der Waals surface area contributed by atoms with Crippen LogP contribution in [0, 0.1) is 0 Å². The van der Waals surface area contributed by atoms with Crippen LogP contribution in [0.15, 0.2) is 48.7 Å². The van der Waals surface area contributed by atoms with Crippen LogP contribution in [0.3, 0.4) is 0 Å². The smallest absolute Gasteiger partial charge is 0.410 e. The summed E-state index contributed by atoms with van der Waals surface area (Å²) in [6, 6.07) is 13.6. The quantitative estimate of drug-likeness (QED) is 0.812. The highest BCUT2D eigenvalue weighted by molar-refractivity contribution is 5.68. The number of likely N-dealkylation sites (tertiary alicyclic amines) is 1. The molecular formula is C20H24N2O3. The van der Waals surface area contributed by atoms with Gasteiger partial charge in [-0.3, -0.25) is 0 Å². The number of pyridine rings is 1. The largest absolute Gasteiger partial charge is 0.478 e. The molecule has 5 nitrogen and oxygen atoms in total. The normalized spacial score (nSPS) is 17.2. The molecule has 0 bridgehead atoms. The minimum atomic E-state index is -0.262. The molecule has 2 aromatic rings. The zero-order chi connectivity index (χ0) is 17.5. The average Bonchev–Trinajstić information content (AvgIpc) is 2.68. The van der Waals surface area contributed by atoms with Crippen molar-refractivity contribution >= 4 is 6.09 Å². The van der Waals surface area contributed by atoms with Gasteiger partial charge in [0.1, 0.15) is 6.61 Å². The minimum Gasteiger partial charge on any atom is -0.478 e. The molecule has 0 saturated carbocycles. The van der Waals surface area contributed by atoms with Gasteiger partial charge < -0.3 is 14.4 Å². The predicted octanol–water partition coefficient (Wildman–Crippen LogP) is 4.34. The number of rotatable bonds is 5. The Morgan fingerprint density at radius 1 is 1.20 bits per heavy atom. The molecule has 0 radical (unpaired) electrons. The standard InChI is InChI=1S/C20H24N2O3/c1-2-24-19-12-11-17(14-21-19)18-10-6-7-13-22(18)20(23)25-15-16-8-4-3-5-9-16/h3-5,8-9,11-12,14,18H,2,6-7,10,13,15H2,1H3. The molecule has 1 unspecified atom stereocenters. The molecule has 25 heavy (non-hydrogen) atoms. The van der Waals surface area contributed by atoms with E-state index in [2.05, 4.69) is 4.98 Å². The van der Waals surface area contributed by atoms with E-state index in [4.69, 9.17) is 9.47 Å². The first-order chi connectivity index (χ1) is 12.3. The number of aromatic nitrogens is 1. The summed E-state index contributed by atoms with van der Waals surface area (Å²) in [5.74, 6) is 0.611. The SMILES string of the molecule is CCOc1ccc(C2CCCCN2C(=O)OCc2ccccc2)cn1. The van der Waals surface area contributed by atoms with Crippen molar-refractivity contribution in [2.24, 2.45) is 0 Å². The molecule has 1 saturated heterocycles. The van der Waals surface area contributed by atoms with Gasteiger partial charge in [0.2, 0.25) is 5.88 Å². The van der Waals surface area contributed by atoms with Gasteiger partial charge in [-0.1, -0.05) is 36.4 Å². The number of ether oxygens (including phenoxy) is 2. The fraction of sp³-hybridized carbons (Fsp3) is 0.400. The highest BCUT2D eigenvalue weighted by Crippen LogP contribution is 2.31. The number of carbonyl (C=O) groups excluding carboxylic acids is 1. The molecule has 132 valence electrons. The molecule has 1 aliphatic rings. The highest BCUT2D eigenvalue weighted by Gasteiger charge is 2.29. The first kappa shape index (κ1) is 17.3. The molecule has 2 heterocycles. The van der Waals surface area contributed by atoms with Gasteiger partial charge in [-0.2, -0.15) is 0 Å². The first-order valence-corrected chi connectivity index (χ1v) is 8.84.